The first-order valence-corrected chi connectivity index (χ1v) is 9.05. The maximum atomic E-state index is 12.7. The van der Waals surface area contributed by atoms with Gasteiger partial charge in [-0.05, 0) is 57.4 Å². The van der Waals surface area contributed by atoms with Gasteiger partial charge in [-0.3, -0.25) is 9.59 Å². The molecule has 2 aliphatic rings. The Hall–Kier alpha value is -1.30. The molecule has 5 nitrogen and oxygen atoms in total. The van der Waals surface area contributed by atoms with Crippen molar-refractivity contribution >= 4 is 41.5 Å². The minimum atomic E-state index is -0.0519. The topological polar surface area (TPSA) is 61.4 Å². The van der Waals surface area contributed by atoms with Crippen LogP contribution in [0.5, 0.6) is 0 Å². The standard InChI is InChI=1S/C18H24ClN3O2.ClH/c1-12-10-13(6-7-20-12)17(23)21-16-5-4-14(19)11-15(16)18(24)22-8-2-3-9-22;/h4-5,11-13,20H,2-3,6-10H2,1H3,(H,21,23);1H/t12-,13-;/m0./s1. The van der Waals surface area contributed by atoms with Crippen LogP contribution in [-0.2, 0) is 4.79 Å². The van der Waals surface area contributed by atoms with E-state index in [1.807, 2.05) is 4.90 Å². The number of hydrogen-bond acceptors (Lipinski definition) is 3. The largest absolute Gasteiger partial charge is 0.339 e. The molecule has 0 spiro atoms. The predicted molar refractivity (Wildman–Crippen MR) is 103 cm³/mol. The Kier molecular flexibility index (Phi) is 7.11. The van der Waals surface area contributed by atoms with Gasteiger partial charge in [0.15, 0.2) is 0 Å². The zero-order chi connectivity index (χ0) is 17.1. The van der Waals surface area contributed by atoms with E-state index in [-0.39, 0.29) is 30.1 Å². The maximum absolute atomic E-state index is 12.7. The Balaban J connectivity index is 0.00000225. The van der Waals surface area contributed by atoms with Crippen LogP contribution in [0.4, 0.5) is 5.69 Å². The fraction of sp³-hybridized carbons (Fsp3) is 0.556. The van der Waals surface area contributed by atoms with Gasteiger partial charge in [-0.15, -0.1) is 12.4 Å². The molecule has 2 N–H and O–H groups in total. The van der Waals surface area contributed by atoms with Crippen molar-refractivity contribution in [1.29, 1.82) is 0 Å². The molecule has 1 aromatic carbocycles. The fourth-order valence-corrected chi connectivity index (χ4v) is 3.67. The molecule has 0 radical (unpaired) electrons. The van der Waals surface area contributed by atoms with Gasteiger partial charge >= 0.3 is 0 Å². The Morgan fingerprint density at radius 1 is 1.28 bits per heavy atom. The van der Waals surface area contributed by atoms with E-state index in [4.69, 9.17) is 11.6 Å². The van der Waals surface area contributed by atoms with Gasteiger partial charge in [0.05, 0.1) is 11.3 Å². The zero-order valence-corrected chi connectivity index (χ0v) is 16.0. The zero-order valence-electron chi connectivity index (χ0n) is 14.4. The monoisotopic (exact) mass is 385 g/mol. The second-order valence-corrected chi connectivity index (χ2v) is 7.19. The van der Waals surface area contributed by atoms with Gasteiger partial charge in [0.2, 0.25) is 5.91 Å². The molecule has 3 rings (SSSR count). The van der Waals surface area contributed by atoms with Crippen molar-refractivity contribution in [3.8, 4) is 0 Å². The Morgan fingerprint density at radius 2 is 2.00 bits per heavy atom. The van der Waals surface area contributed by atoms with Crippen molar-refractivity contribution in [2.24, 2.45) is 5.92 Å². The number of nitrogens with zero attached hydrogens (tertiary/aromatic N) is 1. The van der Waals surface area contributed by atoms with E-state index in [9.17, 15) is 9.59 Å². The lowest BCUT2D eigenvalue weighted by atomic mass is 9.92. The maximum Gasteiger partial charge on any atom is 0.256 e. The number of halogens is 2. The smallest absolute Gasteiger partial charge is 0.256 e. The first kappa shape index (κ1) is 20.0. The van der Waals surface area contributed by atoms with Crippen molar-refractivity contribution in [3.63, 3.8) is 0 Å². The number of nitrogens with one attached hydrogen (secondary N) is 2. The molecule has 2 fully saturated rings. The highest BCUT2D eigenvalue weighted by Crippen LogP contribution is 2.26. The molecule has 0 aliphatic carbocycles. The van der Waals surface area contributed by atoms with Crippen LogP contribution in [0, 0.1) is 5.92 Å². The number of hydrogen-bond donors (Lipinski definition) is 2. The van der Waals surface area contributed by atoms with Crippen LogP contribution in [0.1, 0.15) is 43.0 Å². The number of benzene rings is 1. The van der Waals surface area contributed by atoms with Crippen LogP contribution in [0.2, 0.25) is 5.02 Å². The molecular weight excluding hydrogens is 361 g/mol. The van der Waals surface area contributed by atoms with Crippen molar-refractivity contribution < 1.29 is 9.59 Å². The SMILES string of the molecule is C[C@H]1C[C@@H](C(=O)Nc2ccc(Cl)cc2C(=O)N2CCCC2)CCN1.Cl. The van der Waals surface area contributed by atoms with Gasteiger partial charge in [-0.25, -0.2) is 0 Å². The average molecular weight is 386 g/mol. The molecule has 2 amide bonds. The number of carbonyl (C=O) groups excluding carboxylic acids is 2. The van der Waals surface area contributed by atoms with Crippen molar-refractivity contribution in [1.82, 2.24) is 10.2 Å². The molecule has 0 unspecified atom stereocenters. The molecule has 1 aromatic rings. The summed E-state index contributed by atoms with van der Waals surface area (Å²) in [5, 5.41) is 6.81. The molecule has 2 saturated heterocycles. The van der Waals surface area contributed by atoms with Gasteiger partial charge in [0.25, 0.3) is 5.91 Å². The van der Waals surface area contributed by atoms with Crippen LogP contribution in [0.3, 0.4) is 0 Å². The average Bonchev–Trinajstić information content (AvgIpc) is 3.10. The summed E-state index contributed by atoms with van der Waals surface area (Å²) >= 11 is 6.08. The van der Waals surface area contributed by atoms with Gasteiger partial charge in [0, 0.05) is 30.1 Å². The van der Waals surface area contributed by atoms with Crippen LogP contribution in [0.25, 0.3) is 0 Å². The van der Waals surface area contributed by atoms with Crippen LogP contribution in [0.15, 0.2) is 18.2 Å². The third-order valence-electron chi connectivity index (χ3n) is 4.86. The van der Waals surface area contributed by atoms with Crippen LogP contribution in [-0.4, -0.2) is 42.4 Å². The summed E-state index contributed by atoms with van der Waals surface area (Å²) in [6, 6.07) is 5.44. The Morgan fingerprint density at radius 3 is 2.68 bits per heavy atom. The third-order valence-corrected chi connectivity index (χ3v) is 5.09. The lowest BCUT2D eigenvalue weighted by Gasteiger charge is -2.27. The van der Waals surface area contributed by atoms with Gasteiger partial charge in [-0.1, -0.05) is 11.6 Å². The Bertz CT molecular complexity index is 633. The van der Waals surface area contributed by atoms with Crippen molar-refractivity contribution in [2.45, 2.75) is 38.6 Å². The highest BCUT2D eigenvalue weighted by molar-refractivity contribution is 6.31. The molecule has 2 aliphatic heterocycles. The van der Waals surface area contributed by atoms with Gasteiger partial charge < -0.3 is 15.5 Å². The van der Waals surface area contributed by atoms with E-state index in [1.54, 1.807) is 18.2 Å². The van der Waals surface area contributed by atoms with Gasteiger partial charge in [0.1, 0.15) is 0 Å². The number of rotatable bonds is 3. The third kappa shape index (κ3) is 4.87. The molecule has 2 atom stereocenters. The molecule has 138 valence electrons. The molecule has 2 heterocycles. The molecule has 0 saturated carbocycles. The quantitative estimate of drug-likeness (QED) is 0.838. The van der Waals surface area contributed by atoms with Gasteiger partial charge in [-0.2, -0.15) is 0 Å². The second kappa shape index (κ2) is 8.88. The van der Waals surface area contributed by atoms with E-state index >= 15 is 0 Å². The molecule has 0 aromatic heterocycles. The summed E-state index contributed by atoms with van der Waals surface area (Å²) in [5.41, 5.74) is 1.05. The first-order valence-electron chi connectivity index (χ1n) is 8.67. The summed E-state index contributed by atoms with van der Waals surface area (Å²) in [6.07, 6.45) is 3.69. The molecule has 25 heavy (non-hydrogen) atoms. The summed E-state index contributed by atoms with van der Waals surface area (Å²) in [6.45, 7) is 4.47. The predicted octanol–water partition coefficient (Wildman–Crippen LogP) is 3.32. The summed E-state index contributed by atoms with van der Waals surface area (Å²) in [4.78, 5) is 27.2. The van der Waals surface area contributed by atoms with Crippen molar-refractivity contribution in [2.75, 3.05) is 25.0 Å². The Labute approximate surface area is 159 Å². The lowest BCUT2D eigenvalue weighted by Crippen LogP contribution is -2.40. The number of likely N-dealkylation sites (tertiary alicyclic amines) is 1. The fourth-order valence-electron chi connectivity index (χ4n) is 3.50. The van der Waals surface area contributed by atoms with E-state index in [1.165, 1.54) is 0 Å². The highest BCUT2D eigenvalue weighted by Gasteiger charge is 2.27. The van der Waals surface area contributed by atoms with Crippen LogP contribution < -0.4 is 10.6 Å². The molecular formula is C18H25Cl2N3O2. The number of carbonyl (C=O) groups is 2. The van der Waals surface area contributed by atoms with Crippen LogP contribution >= 0.6 is 24.0 Å². The number of anilines is 1. The lowest BCUT2D eigenvalue weighted by molar-refractivity contribution is -0.120. The van der Waals surface area contributed by atoms with E-state index < -0.39 is 0 Å². The highest BCUT2D eigenvalue weighted by atomic mass is 35.5. The summed E-state index contributed by atoms with van der Waals surface area (Å²) in [7, 11) is 0. The van der Waals surface area contributed by atoms with E-state index in [0.29, 0.717) is 22.3 Å². The minimum Gasteiger partial charge on any atom is -0.339 e. The summed E-state index contributed by atoms with van der Waals surface area (Å²) < 4.78 is 0. The van der Waals surface area contributed by atoms with E-state index in [2.05, 4.69) is 17.6 Å². The first-order chi connectivity index (χ1) is 11.5. The number of amides is 2. The number of piperidine rings is 1. The van der Waals surface area contributed by atoms with Crippen molar-refractivity contribution in [3.05, 3.63) is 28.8 Å². The summed E-state index contributed by atoms with van der Waals surface area (Å²) in [5.74, 6) is -0.0863. The normalized spacial score (nSPS) is 23.0. The minimum absolute atomic E-state index is 0. The van der Waals surface area contributed by atoms with E-state index in [0.717, 1.165) is 45.3 Å². The molecule has 0 bridgehead atoms. The second-order valence-electron chi connectivity index (χ2n) is 6.75. The molecule has 7 heteroatoms.